The first-order valence-electron chi connectivity index (χ1n) is 10.5. The van der Waals surface area contributed by atoms with Crippen LogP contribution >= 0.6 is 22.6 Å². The molecule has 1 aliphatic heterocycles. The first-order valence-corrected chi connectivity index (χ1v) is 11.5. The van der Waals surface area contributed by atoms with Crippen molar-refractivity contribution in [2.24, 2.45) is 0 Å². The number of aromatic hydroxyl groups is 1. The Bertz CT molecular complexity index is 1470. The molecule has 0 radical (unpaired) electrons. The number of amides is 3. The highest BCUT2D eigenvalue weighted by atomic mass is 127. The number of halogens is 1. The quantitative estimate of drug-likeness (QED) is 0.230. The molecule has 0 aliphatic carbocycles. The second-order valence-electron chi connectivity index (χ2n) is 7.80. The second kappa shape index (κ2) is 8.79. The Labute approximate surface area is 208 Å². The van der Waals surface area contributed by atoms with Gasteiger partial charge in [-0.2, -0.15) is 0 Å². The molecular formula is C26H18IN3O4. The Morgan fingerprint density at radius 1 is 0.971 bits per heavy atom. The number of benzene rings is 4. The summed E-state index contributed by atoms with van der Waals surface area (Å²) in [6.07, 6.45) is -0.284. The van der Waals surface area contributed by atoms with Crippen molar-refractivity contribution in [2.75, 3.05) is 15.5 Å². The molecule has 0 bridgehead atoms. The van der Waals surface area contributed by atoms with Gasteiger partial charge in [0.2, 0.25) is 11.8 Å². The zero-order chi connectivity index (χ0) is 23.8. The first kappa shape index (κ1) is 21.9. The smallest absolute Gasteiger partial charge is 0.259 e. The molecule has 7 nitrogen and oxygen atoms in total. The molecule has 0 saturated heterocycles. The van der Waals surface area contributed by atoms with Crippen molar-refractivity contribution in [3.8, 4) is 5.75 Å². The number of fused-ring (bicyclic) bond motifs is 3. The van der Waals surface area contributed by atoms with Gasteiger partial charge in [-0.1, -0.05) is 30.3 Å². The van der Waals surface area contributed by atoms with Crippen molar-refractivity contribution in [2.45, 2.75) is 6.42 Å². The summed E-state index contributed by atoms with van der Waals surface area (Å²) in [6, 6.07) is 22.9. The fraction of sp³-hybridized carbons (Fsp3) is 0.0385. The molecule has 1 heterocycles. The topological polar surface area (TPSA) is 98.7 Å². The maximum atomic E-state index is 13.0. The van der Waals surface area contributed by atoms with Gasteiger partial charge in [0.05, 0.1) is 16.9 Å². The van der Waals surface area contributed by atoms with Gasteiger partial charge >= 0.3 is 0 Å². The van der Waals surface area contributed by atoms with E-state index in [0.717, 1.165) is 14.3 Å². The molecule has 0 atom stereocenters. The van der Waals surface area contributed by atoms with Crippen LogP contribution in [0.3, 0.4) is 0 Å². The summed E-state index contributed by atoms with van der Waals surface area (Å²) in [5.41, 5.74) is 2.39. The number of nitrogens with zero attached hydrogens (tertiary/aromatic N) is 1. The van der Waals surface area contributed by atoms with E-state index >= 15 is 0 Å². The first-order chi connectivity index (χ1) is 16.4. The van der Waals surface area contributed by atoms with Gasteiger partial charge in [0, 0.05) is 20.3 Å². The molecule has 1 aliphatic rings. The van der Waals surface area contributed by atoms with Crippen LogP contribution in [0.5, 0.6) is 5.75 Å². The molecule has 0 aromatic heterocycles. The van der Waals surface area contributed by atoms with Gasteiger partial charge in [-0.05, 0) is 76.5 Å². The highest BCUT2D eigenvalue weighted by Crippen LogP contribution is 2.40. The van der Waals surface area contributed by atoms with Gasteiger partial charge in [-0.3, -0.25) is 19.3 Å². The number of carbonyl (C=O) groups is 3. The average molecular weight is 563 g/mol. The number of hydrogen-bond donors (Lipinski definition) is 3. The second-order valence-corrected chi connectivity index (χ2v) is 9.04. The third-order valence-electron chi connectivity index (χ3n) is 5.56. The number of hydrogen-bond acceptors (Lipinski definition) is 4. The zero-order valence-electron chi connectivity index (χ0n) is 17.7. The Hall–Kier alpha value is -3.92. The molecule has 0 fully saturated rings. The third kappa shape index (κ3) is 4.08. The normalized spacial score (nSPS) is 13.3. The average Bonchev–Trinajstić information content (AvgIpc) is 2.94. The molecule has 3 amide bonds. The van der Waals surface area contributed by atoms with E-state index in [1.165, 1.54) is 11.0 Å². The van der Waals surface area contributed by atoms with Gasteiger partial charge in [-0.25, -0.2) is 0 Å². The summed E-state index contributed by atoms with van der Waals surface area (Å²) in [5, 5.41) is 17.5. The van der Waals surface area contributed by atoms with E-state index in [2.05, 4.69) is 33.2 Å². The van der Waals surface area contributed by atoms with Crippen LogP contribution in [0.2, 0.25) is 0 Å². The molecule has 8 heteroatoms. The fourth-order valence-electron chi connectivity index (χ4n) is 3.98. The summed E-state index contributed by atoms with van der Waals surface area (Å²) < 4.78 is 0.819. The van der Waals surface area contributed by atoms with Crippen molar-refractivity contribution in [3.05, 3.63) is 88.0 Å². The van der Waals surface area contributed by atoms with Crippen LogP contribution in [0.4, 0.5) is 22.7 Å². The molecule has 34 heavy (non-hydrogen) atoms. The number of anilines is 4. The summed E-state index contributed by atoms with van der Waals surface area (Å²) in [6.45, 7) is 0. The van der Waals surface area contributed by atoms with Gasteiger partial charge in [-0.15, -0.1) is 0 Å². The Morgan fingerprint density at radius 3 is 2.50 bits per heavy atom. The van der Waals surface area contributed by atoms with Crippen molar-refractivity contribution < 1.29 is 19.5 Å². The number of phenolic OH excluding ortho intramolecular Hbond substituents is 1. The fourth-order valence-corrected chi connectivity index (χ4v) is 4.46. The van der Waals surface area contributed by atoms with Gasteiger partial charge < -0.3 is 15.7 Å². The van der Waals surface area contributed by atoms with Crippen LogP contribution in [-0.2, 0) is 9.59 Å². The van der Waals surface area contributed by atoms with Crippen LogP contribution in [0.15, 0.2) is 78.9 Å². The van der Waals surface area contributed by atoms with E-state index in [1.54, 1.807) is 36.4 Å². The zero-order valence-corrected chi connectivity index (χ0v) is 19.9. The summed E-state index contributed by atoms with van der Waals surface area (Å²) in [7, 11) is 0. The van der Waals surface area contributed by atoms with Crippen molar-refractivity contribution >= 4 is 73.8 Å². The van der Waals surface area contributed by atoms with Crippen LogP contribution in [0.25, 0.3) is 10.8 Å². The van der Waals surface area contributed by atoms with Crippen LogP contribution in [0, 0.1) is 3.57 Å². The summed E-state index contributed by atoms with van der Waals surface area (Å²) in [5.74, 6) is -1.27. The van der Waals surface area contributed by atoms with E-state index in [1.807, 2.05) is 36.4 Å². The lowest BCUT2D eigenvalue weighted by molar-refractivity contribution is -0.124. The lowest BCUT2D eigenvalue weighted by atomic mass is 10.1. The molecule has 168 valence electrons. The van der Waals surface area contributed by atoms with E-state index < -0.39 is 5.91 Å². The summed E-state index contributed by atoms with van der Waals surface area (Å²) >= 11 is 2.05. The van der Waals surface area contributed by atoms with Crippen molar-refractivity contribution in [1.29, 1.82) is 0 Å². The lowest BCUT2D eigenvalue weighted by Crippen LogP contribution is -2.26. The number of carbonyl (C=O) groups excluding carboxylic acids is 3. The number of nitrogens with one attached hydrogen (secondary N) is 2. The highest BCUT2D eigenvalue weighted by Gasteiger charge is 2.28. The summed E-state index contributed by atoms with van der Waals surface area (Å²) in [4.78, 5) is 39.5. The third-order valence-corrected chi connectivity index (χ3v) is 6.23. The van der Waals surface area contributed by atoms with Crippen molar-refractivity contribution in [3.63, 3.8) is 0 Å². The maximum absolute atomic E-state index is 13.0. The lowest BCUT2D eigenvalue weighted by Gasteiger charge is -2.23. The van der Waals surface area contributed by atoms with E-state index in [4.69, 9.17) is 0 Å². The monoisotopic (exact) mass is 563 g/mol. The van der Waals surface area contributed by atoms with E-state index in [-0.39, 0.29) is 29.5 Å². The van der Waals surface area contributed by atoms with Gasteiger partial charge in [0.25, 0.3) is 5.91 Å². The largest absolute Gasteiger partial charge is 0.507 e. The van der Waals surface area contributed by atoms with Gasteiger partial charge in [0.15, 0.2) is 0 Å². The number of rotatable bonds is 3. The minimum atomic E-state index is -0.445. The molecule has 0 spiro atoms. The molecule has 5 rings (SSSR count). The SMILES string of the molecule is O=C1CC(=O)N(c2ccc(NC(=O)c3ccc(I)cc3O)cc2)c2ccc3ccccc3c2N1. The van der Waals surface area contributed by atoms with E-state index in [0.29, 0.717) is 22.7 Å². The van der Waals surface area contributed by atoms with Crippen LogP contribution < -0.4 is 15.5 Å². The Morgan fingerprint density at radius 2 is 1.74 bits per heavy atom. The molecular weight excluding hydrogens is 545 g/mol. The predicted octanol–water partition coefficient (Wildman–Crippen LogP) is 5.41. The molecule has 0 saturated carbocycles. The van der Waals surface area contributed by atoms with Crippen LogP contribution in [0.1, 0.15) is 16.8 Å². The van der Waals surface area contributed by atoms with Gasteiger partial charge in [0.1, 0.15) is 12.2 Å². The van der Waals surface area contributed by atoms with E-state index in [9.17, 15) is 19.5 Å². The predicted molar refractivity (Wildman–Crippen MR) is 140 cm³/mol. The molecule has 0 unspecified atom stereocenters. The standard InChI is InChI=1S/C26H18IN3O4/c27-16-6-11-20(22(31)13-16)26(34)28-17-7-9-18(10-8-17)30-21-12-5-15-3-1-2-4-19(15)25(21)29-23(32)14-24(30)33/h1-13,31H,14H2,(H,28,34)(H,29,32). The Kier molecular flexibility index (Phi) is 5.66. The van der Waals surface area contributed by atoms with Crippen molar-refractivity contribution in [1.82, 2.24) is 0 Å². The maximum Gasteiger partial charge on any atom is 0.259 e. The molecule has 3 N–H and O–H groups in total. The Balaban J connectivity index is 1.48. The number of phenols is 1. The molecule has 4 aromatic carbocycles. The highest BCUT2D eigenvalue weighted by molar-refractivity contribution is 14.1. The molecule has 4 aromatic rings. The minimum absolute atomic E-state index is 0.0998. The van der Waals surface area contributed by atoms with Crippen LogP contribution in [-0.4, -0.2) is 22.8 Å². The minimum Gasteiger partial charge on any atom is -0.507 e.